The van der Waals surface area contributed by atoms with E-state index in [0.717, 1.165) is 15.9 Å². The number of methoxy groups -OCH3 is 1. The highest BCUT2D eigenvalue weighted by molar-refractivity contribution is 9.10. The van der Waals surface area contributed by atoms with Crippen LogP contribution in [0.1, 0.15) is 25.5 Å². The molecule has 0 bridgehead atoms. The molecule has 3 heteroatoms. The van der Waals surface area contributed by atoms with E-state index in [2.05, 4.69) is 34.8 Å². The monoisotopic (exact) mass is 229 g/mol. The average Bonchev–Trinajstić information content (AvgIpc) is 2.03. The van der Waals surface area contributed by atoms with Crippen LogP contribution in [0.3, 0.4) is 0 Å². The van der Waals surface area contributed by atoms with E-state index in [4.69, 9.17) is 4.74 Å². The summed E-state index contributed by atoms with van der Waals surface area (Å²) in [6.45, 7) is 4.22. The number of nitrogens with zero attached hydrogens (tertiary/aromatic N) is 1. The Bertz CT molecular complexity index is 273. The van der Waals surface area contributed by atoms with Gasteiger partial charge in [-0.1, -0.05) is 13.8 Å². The van der Waals surface area contributed by atoms with Crippen molar-refractivity contribution in [3.63, 3.8) is 0 Å². The van der Waals surface area contributed by atoms with Gasteiger partial charge < -0.3 is 4.74 Å². The molecule has 1 heterocycles. The maximum atomic E-state index is 5.04. The Hall–Kier alpha value is -0.570. The summed E-state index contributed by atoms with van der Waals surface area (Å²) in [6, 6.07) is 1.93. The van der Waals surface area contributed by atoms with E-state index in [9.17, 15) is 0 Å². The fraction of sp³-hybridized carbons (Fsp3) is 0.444. The van der Waals surface area contributed by atoms with Gasteiger partial charge in [0.05, 0.1) is 19.0 Å². The fourth-order valence-corrected chi connectivity index (χ4v) is 1.75. The molecule has 0 aliphatic heterocycles. The normalized spacial score (nSPS) is 10.4. The van der Waals surface area contributed by atoms with Gasteiger partial charge in [-0.3, -0.25) is 4.98 Å². The van der Waals surface area contributed by atoms with Crippen molar-refractivity contribution in [2.75, 3.05) is 7.11 Å². The molecule has 0 fully saturated rings. The van der Waals surface area contributed by atoms with E-state index in [-0.39, 0.29) is 0 Å². The molecule has 1 aromatic rings. The first-order valence-corrected chi connectivity index (χ1v) is 4.64. The molecule has 66 valence electrons. The van der Waals surface area contributed by atoms with E-state index < -0.39 is 0 Å². The summed E-state index contributed by atoms with van der Waals surface area (Å²) < 4.78 is 6.05. The van der Waals surface area contributed by atoms with E-state index >= 15 is 0 Å². The summed E-state index contributed by atoms with van der Waals surface area (Å²) in [5.74, 6) is 1.22. The lowest BCUT2D eigenvalue weighted by atomic mass is 10.1. The highest BCUT2D eigenvalue weighted by atomic mass is 79.9. The minimum atomic E-state index is 0.435. The second-order valence-electron chi connectivity index (χ2n) is 2.90. The summed E-state index contributed by atoms with van der Waals surface area (Å²) in [4.78, 5) is 4.28. The Morgan fingerprint density at radius 1 is 1.50 bits per heavy atom. The van der Waals surface area contributed by atoms with Crippen LogP contribution in [0.15, 0.2) is 16.7 Å². The van der Waals surface area contributed by atoms with Gasteiger partial charge in [0.15, 0.2) is 0 Å². The van der Waals surface area contributed by atoms with Gasteiger partial charge in [0.25, 0.3) is 0 Å². The van der Waals surface area contributed by atoms with Gasteiger partial charge in [-0.15, -0.1) is 0 Å². The van der Waals surface area contributed by atoms with Crippen molar-refractivity contribution < 1.29 is 4.74 Å². The maximum Gasteiger partial charge on any atom is 0.138 e. The minimum Gasteiger partial charge on any atom is -0.495 e. The predicted molar refractivity (Wildman–Crippen MR) is 52.6 cm³/mol. The number of ether oxygens (including phenoxy) is 1. The Kier molecular flexibility index (Phi) is 3.09. The van der Waals surface area contributed by atoms with Crippen molar-refractivity contribution in [2.24, 2.45) is 0 Å². The number of rotatable bonds is 2. The van der Waals surface area contributed by atoms with Crippen LogP contribution < -0.4 is 4.74 Å². The number of hydrogen-bond acceptors (Lipinski definition) is 2. The third kappa shape index (κ3) is 1.97. The van der Waals surface area contributed by atoms with Crippen molar-refractivity contribution in [3.8, 4) is 5.75 Å². The highest BCUT2D eigenvalue weighted by Gasteiger charge is 2.06. The molecule has 0 saturated carbocycles. The molecule has 0 amide bonds. The van der Waals surface area contributed by atoms with Gasteiger partial charge in [0.1, 0.15) is 5.75 Å². The van der Waals surface area contributed by atoms with Gasteiger partial charge in [0, 0.05) is 4.47 Å². The molecule has 0 unspecified atom stereocenters. The van der Waals surface area contributed by atoms with Crippen LogP contribution >= 0.6 is 15.9 Å². The zero-order chi connectivity index (χ0) is 9.14. The molecule has 1 rings (SSSR count). The summed E-state index contributed by atoms with van der Waals surface area (Å²) in [5.41, 5.74) is 1.07. The molecule has 0 aliphatic rings. The van der Waals surface area contributed by atoms with Crippen molar-refractivity contribution in [2.45, 2.75) is 19.8 Å². The summed E-state index contributed by atoms with van der Waals surface area (Å²) in [6.07, 6.45) is 1.74. The zero-order valence-electron chi connectivity index (χ0n) is 7.47. The van der Waals surface area contributed by atoms with Crippen LogP contribution in [-0.2, 0) is 0 Å². The molecule has 1 aromatic heterocycles. The van der Waals surface area contributed by atoms with Crippen molar-refractivity contribution in [1.29, 1.82) is 0 Å². The number of hydrogen-bond donors (Lipinski definition) is 0. The molecule has 0 saturated heterocycles. The molecule has 2 nitrogen and oxygen atoms in total. The van der Waals surface area contributed by atoms with Gasteiger partial charge in [0.2, 0.25) is 0 Å². The van der Waals surface area contributed by atoms with Crippen LogP contribution in [0, 0.1) is 0 Å². The number of pyridine rings is 1. The van der Waals surface area contributed by atoms with Crippen LogP contribution in [0.4, 0.5) is 0 Å². The highest BCUT2D eigenvalue weighted by Crippen LogP contribution is 2.25. The first-order valence-electron chi connectivity index (χ1n) is 3.84. The van der Waals surface area contributed by atoms with E-state index in [0.29, 0.717) is 5.92 Å². The SMILES string of the molecule is COc1cnc(C(C)C)c(Br)c1. The largest absolute Gasteiger partial charge is 0.495 e. The van der Waals surface area contributed by atoms with Gasteiger partial charge >= 0.3 is 0 Å². The smallest absolute Gasteiger partial charge is 0.138 e. The van der Waals surface area contributed by atoms with Crippen molar-refractivity contribution in [3.05, 3.63) is 22.4 Å². The fourth-order valence-electron chi connectivity index (χ4n) is 0.967. The Morgan fingerprint density at radius 2 is 2.17 bits per heavy atom. The molecule has 0 atom stereocenters. The van der Waals surface area contributed by atoms with E-state index in [1.165, 1.54) is 0 Å². The molecule has 0 N–H and O–H groups in total. The molecule has 12 heavy (non-hydrogen) atoms. The Balaban J connectivity index is 3.03. The predicted octanol–water partition coefficient (Wildman–Crippen LogP) is 2.98. The quantitative estimate of drug-likeness (QED) is 0.779. The Morgan fingerprint density at radius 3 is 2.58 bits per heavy atom. The Labute approximate surface area is 81.1 Å². The van der Waals surface area contributed by atoms with Gasteiger partial charge in [-0.25, -0.2) is 0 Å². The first-order chi connectivity index (χ1) is 5.65. The van der Waals surface area contributed by atoms with Crippen molar-refractivity contribution >= 4 is 15.9 Å². The third-order valence-corrected chi connectivity index (χ3v) is 2.26. The number of aromatic nitrogens is 1. The topological polar surface area (TPSA) is 22.1 Å². The molecular weight excluding hydrogens is 218 g/mol. The lowest BCUT2D eigenvalue weighted by molar-refractivity contribution is 0.412. The third-order valence-electron chi connectivity index (χ3n) is 1.63. The summed E-state index contributed by atoms with van der Waals surface area (Å²) >= 11 is 3.45. The molecule has 0 aliphatic carbocycles. The van der Waals surface area contributed by atoms with Crippen LogP contribution in [0.25, 0.3) is 0 Å². The van der Waals surface area contributed by atoms with Crippen LogP contribution in [0.2, 0.25) is 0 Å². The average molecular weight is 230 g/mol. The molecule has 0 radical (unpaired) electrons. The second-order valence-corrected chi connectivity index (χ2v) is 3.75. The first kappa shape index (κ1) is 9.52. The second kappa shape index (κ2) is 3.90. The summed E-state index contributed by atoms with van der Waals surface area (Å²) in [7, 11) is 1.64. The lowest BCUT2D eigenvalue weighted by Crippen LogP contribution is -1.94. The number of halogens is 1. The maximum absolute atomic E-state index is 5.04. The van der Waals surface area contributed by atoms with Gasteiger partial charge in [-0.05, 0) is 27.9 Å². The molecular formula is C9H12BrNO. The van der Waals surface area contributed by atoms with Crippen LogP contribution in [0.5, 0.6) is 5.75 Å². The van der Waals surface area contributed by atoms with E-state index in [1.807, 2.05) is 6.07 Å². The van der Waals surface area contributed by atoms with E-state index in [1.54, 1.807) is 13.3 Å². The summed E-state index contributed by atoms with van der Waals surface area (Å²) in [5, 5.41) is 0. The van der Waals surface area contributed by atoms with Crippen LogP contribution in [-0.4, -0.2) is 12.1 Å². The lowest BCUT2D eigenvalue weighted by Gasteiger charge is -2.07. The molecule has 0 spiro atoms. The van der Waals surface area contributed by atoms with Crippen molar-refractivity contribution in [1.82, 2.24) is 4.98 Å². The minimum absolute atomic E-state index is 0.435. The standard InChI is InChI=1S/C9H12BrNO/c1-6(2)9-8(10)4-7(12-3)5-11-9/h4-6H,1-3H3. The van der Waals surface area contributed by atoms with Gasteiger partial charge in [-0.2, -0.15) is 0 Å². The zero-order valence-corrected chi connectivity index (χ0v) is 9.05. The molecule has 0 aromatic carbocycles.